The Bertz CT molecular complexity index is 965. The maximum Gasteiger partial charge on any atom is 0.337 e. The number of likely N-dealkylation sites (N-methyl/N-ethyl adjacent to an activating group) is 1. The lowest BCUT2D eigenvalue weighted by Gasteiger charge is -2.37. The van der Waals surface area contributed by atoms with E-state index in [1.165, 1.54) is 42.3 Å². The van der Waals surface area contributed by atoms with Crippen LogP contribution >= 0.6 is 15.9 Å². The van der Waals surface area contributed by atoms with Crippen LogP contribution in [0.25, 0.3) is 0 Å². The molecule has 6 nitrogen and oxygen atoms in total. The van der Waals surface area contributed by atoms with Gasteiger partial charge in [-0.2, -0.15) is 0 Å². The summed E-state index contributed by atoms with van der Waals surface area (Å²) in [6.07, 6.45) is 0. The van der Waals surface area contributed by atoms with Gasteiger partial charge in [0.25, 0.3) is 0 Å². The van der Waals surface area contributed by atoms with Crippen LogP contribution in [0.3, 0.4) is 0 Å². The largest absolute Gasteiger partial charge is 0.465 e. The number of halogens is 3. The second-order valence-electron chi connectivity index (χ2n) is 7.19. The lowest BCUT2D eigenvalue weighted by atomic mass is 10.1. The Morgan fingerprint density at radius 1 is 1.06 bits per heavy atom. The number of carbonyl (C=O) groups excluding carboxylic acids is 2. The van der Waals surface area contributed by atoms with Crippen LogP contribution in [0.15, 0.2) is 40.9 Å². The molecule has 0 atom stereocenters. The van der Waals surface area contributed by atoms with Gasteiger partial charge in [0.2, 0.25) is 0 Å². The monoisotopic (exact) mass is 495 g/mol. The lowest BCUT2D eigenvalue weighted by molar-refractivity contribution is 0.0600. The lowest BCUT2D eigenvalue weighted by Crippen LogP contribution is -2.52. The Balaban J connectivity index is 1.90. The van der Waals surface area contributed by atoms with E-state index >= 15 is 0 Å². The van der Waals surface area contributed by atoms with Crippen LogP contribution in [-0.2, 0) is 11.3 Å². The van der Waals surface area contributed by atoms with Crippen LogP contribution in [0.4, 0.5) is 19.3 Å². The first-order valence-electron chi connectivity index (χ1n) is 9.94. The molecule has 0 aromatic heterocycles. The van der Waals surface area contributed by atoms with Crippen molar-refractivity contribution in [3.8, 4) is 0 Å². The number of urea groups is 1. The molecule has 0 N–H and O–H groups in total. The molecular weight excluding hydrogens is 472 g/mol. The number of benzene rings is 2. The van der Waals surface area contributed by atoms with Crippen molar-refractivity contribution >= 4 is 33.6 Å². The van der Waals surface area contributed by atoms with Gasteiger partial charge in [0.1, 0.15) is 11.6 Å². The van der Waals surface area contributed by atoms with Crippen molar-refractivity contribution in [3.05, 3.63) is 63.6 Å². The van der Waals surface area contributed by atoms with E-state index in [2.05, 4.69) is 32.5 Å². The maximum absolute atomic E-state index is 14.7. The summed E-state index contributed by atoms with van der Waals surface area (Å²) < 4.78 is 33.3. The predicted molar refractivity (Wildman–Crippen MR) is 117 cm³/mol. The van der Waals surface area contributed by atoms with E-state index in [9.17, 15) is 18.4 Å². The fourth-order valence-electron chi connectivity index (χ4n) is 3.44. The molecule has 0 bridgehead atoms. The molecule has 1 heterocycles. The molecule has 0 spiro atoms. The molecule has 2 aromatic carbocycles. The van der Waals surface area contributed by atoms with Gasteiger partial charge in [-0.15, -0.1) is 0 Å². The SMILES string of the molecule is CCN1CCN(C(=O)N(Cc2ccc(C(=O)OC)cc2F)c2ccc(F)c(Br)c2)CC1. The third kappa shape index (κ3) is 5.40. The molecule has 166 valence electrons. The fourth-order valence-corrected chi connectivity index (χ4v) is 3.81. The summed E-state index contributed by atoms with van der Waals surface area (Å²) in [6, 6.07) is 7.95. The number of nitrogens with zero attached hydrogens (tertiary/aromatic N) is 3. The second-order valence-corrected chi connectivity index (χ2v) is 8.04. The van der Waals surface area contributed by atoms with Crippen LogP contribution in [0.5, 0.6) is 0 Å². The van der Waals surface area contributed by atoms with Gasteiger partial charge in [-0.3, -0.25) is 4.90 Å². The Morgan fingerprint density at radius 3 is 2.35 bits per heavy atom. The number of hydrogen-bond acceptors (Lipinski definition) is 4. The van der Waals surface area contributed by atoms with Crippen LogP contribution in [0.1, 0.15) is 22.8 Å². The minimum atomic E-state index is -0.644. The predicted octanol–water partition coefficient (Wildman–Crippen LogP) is 4.28. The maximum atomic E-state index is 14.7. The quantitative estimate of drug-likeness (QED) is 0.581. The van der Waals surface area contributed by atoms with Crippen molar-refractivity contribution in [3.63, 3.8) is 0 Å². The zero-order valence-corrected chi connectivity index (χ0v) is 19.0. The number of hydrogen-bond donors (Lipinski definition) is 0. The summed E-state index contributed by atoms with van der Waals surface area (Å²) in [4.78, 5) is 30.4. The Morgan fingerprint density at radius 2 is 1.77 bits per heavy atom. The molecule has 3 rings (SSSR count). The van der Waals surface area contributed by atoms with Gasteiger partial charge in [-0.25, -0.2) is 18.4 Å². The topological polar surface area (TPSA) is 53.1 Å². The molecule has 1 aliphatic heterocycles. The number of rotatable bonds is 5. The summed E-state index contributed by atoms with van der Waals surface area (Å²) >= 11 is 3.15. The van der Waals surface area contributed by atoms with Crippen molar-refractivity contribution in [1.29, 1.82) is 0 Å². The number of carbonyl (C=O) groups is 2. The second kappa shape index (κ2) is 10.2. The molecule has 0 radical (unpaired) electrons. The molecule has 31 heavy (non-hydrogen) atoms. The number of amides is 2. The smallest absolute Gasteiger partial charge is 0.337 e. The van der Waals surface area contributed by atoms with E-state index in [1.807, 2.05) is 0 Å². The minimum absolute atomic E-state index is 0.0712. The zero-order chi connectivity index (χ0) is 22.5. The molecule has 0 unspecified atom stereocenters. The van der Waals surface area contributed by atoms with Crippen molar-refractivity contribution in [2.45, 2.75) is 13.5 Å². The Hall–Kier alpha value is -2.52. The molecule has 2 aromatic rings. The third-order valence-electron chi connectivity index (χ3n) is 5.34. The van der Waals surface area contributed by atoms with Gasteiger partial charge < -0.3 is 14.5 Å². The van der Waals surface area contributed by atoms with Crippen LogP contribution < -0.4 is 4.90 Å². The molecule has 9 heteroatoms. The van der Waals surface area contributed by atoms with Gasteiger partial charge in [-0.05, 0) is 52.8 Å². The van der Waals surface area contributed by atoms with E-state index in [-0.39, 0.29) is 28.2 Å². The highest BCUT2D eigenvalue weighted by Crippen LogP contribution is 2.27. The highest BCUT2D eigenvalue weighted by Gasteiger charge is 2.27. The van der Waals surface area contributed by atoms with Crippen molar-refractivity contribution in [1.82, 2.24) is 9.80 Å². The third-order valence-corrected chi connectivity index (χ3v) is 5.95. The molecule has 1 saturated heterocycles. The number of methoxy groups -OCH3 is 1. The molecule has 0 aliphatic carbocycles. The summed E-state index contributed by atoms with van der Waals surface area (Å²) in [5.74, 6) is -1.73. The Labute approximate surface area is 188 Å². The van der Waals surface area contributed by atoms with E-state index in [1.54, 1.807) is 4.90 Å². The van der Waals surface area contributed by atoms with E-state index < -0.39 is 17.6 Å². The summed E-state index contributed by atoms with van der Waals surface area (Å²) in [5.41, 5.74) is 0.753. The standard InChI is InChI=1S/C22H24BrF2N3O3/c1-3-26-8-10-27(11-9-26)22(30)28(17-6-7-19(24)18(23)13-17)14-16-5-4-15(12-20(16)25)21(29)31-2/h4-7,12-13H,3,8-11,14H2,1-2H3. The molecule has 1 fully saturated rings. The van der Waals surface area contributed by atoms with Gasteiger partial charge >= 0.3 is 12.0 Å². The van der Waals surface area contributed by atoms with Crippen molar-refractivity contribution in [2.24, 2.45) is 0 Å². The molecule has 0 saturated carbocycles. The first kappa shape index (κ1) is 23.1. The van der Waals surface area contributed by atoms with Crippen molar-refractivity contribution in [2.75, 3.05) is 44.7 Å². The zero-order valence-electron chi connectivity index (χ0n) is 17.4. The number of ether oxygens (including phenoxy) is 1. The highest BCUT2D eigenvalue weighted by atomic mass is 79.9. The van der Waals surface area contributed by atoms with Gasteiger partial charge in [0.15, 0.2) is 0 Å². The normalized spacial score (nSPS) is 14.4. The average molecular weight is 496 g/mol. The van der Waals surface area contributed by atoms with E-state index in [0.717, 1.165) is 25.7 Å². The van der Waals surface area contributed by atoms with Crippen LogP contribution in [0, 0.1) is 11.6 Å². The molecule has 2 amide bonds. The number of esters is 1. The average Bonchev–Trinajstić information content (AvgIpc) is 2.79. The first-order chi connectivity index (χ1) is 14.8. The summed E-state index contributed by atoms with van der Waals surface area (Å²) in [6.45, 7) is 5.52. The highest BCUT2D eigenvalue weighted by molar-refractivity contribution is 9.10. The fraction of sp³-hybridized carbons (Fsp3) is 0.364. The molecular formula is C22H24BrF2N3O3. The molecule has 1 aliphatic rings. The number of piperazine rings is 1. The summed E-state index contributed by atoms with van der Waals surface area (Å²) in [5, 5.41) is 0. The number of anilines is 1. The van der Waals surface area contributed by atoms with Gasteiger partial charge in [0, 0.05) is 37.4 Å². The van der Waals surface area contributed by atoms with Crippen molar-refractivity contribution < 1.29 is 23.1 Å². The van der Waals surface area contributed by atoms with Gasteiger partial charge in [-0.1, -0.05) is 13.0 Å². The Kier molecular flexibility index (Phi) is 7.61. The van der Waals surface area contributed by atoms with Crippen LogP contribution in [-0.4, -0.2) is 61.6 Å². The van der Waals surface area contributed by atoms with Gasteiger partial charge in [0.05, 0.1) is 23.7 Å². The first-order valence-corrected chi connectivity index (χ1v) is 10.7. The van der Waals surface area contributed by atoms with E-state index in [0.29, 0.717) is 18.8 Å². The summed E-state index contributed by atoms with van der Waals surface area (Å²) in [7, 11) is 1.22. The van der Waals surface area contributed by atoms with Crippen LogP contribution in [0.2, 0.25) is 0 Å². The van der Waals surface area contributed by atoms with E-state index in [4.69, 9.17) is 0 Å². The minimum Gasteiger partial charge on any atom is -0.465 e.